The largest absolute Gasteiger partial charge is 0.464 e. The van der Waals surface area contributed by atoms with Gasteiger partial charge in [-0.25, -0.2) is 9.59 Å². The predicted octanol–water partition coefficient (Wildman–Crippen LogP) is 2.78. The first-order chi connectivity index (χ1) is 41.4. The first-order valence-electron chi connectivity index (χ1n) is 31.0. The maximum absolute atomic E-state index is 14.5. The Bertz CT molecular complexity index is 2300. The molecule has 25 nitrogen and oxygen atoms in total. The van der Waals surface area contributed by atoms with Crippen LogP contribution in [0.3, 0.4) is 0 Å². The second kappa shape index (κ2) is 39.1. The van der Waals surface area contributed by atoms with Crippen molar-refractivity contribution in [1.82, 2.24) is 46.2 Å². The number of likely N-dealkylation sites (N-methyl/N-ethyl adjacent to an activating group) is 2. The number of carbonyl (C=O) groups is 9. The van der Waals surface area contributed by atoms with Crippen LogP contribution in [0.5, 0.6) is 0 Å². The van der Waals surface area contributed by atoms with E-state index in [1.165, 1.54) is 26.2 Å². The molecule has 2 unspecified atom stereocenters. The number of ether oxygens (including phenoxy) is 6. The van der Waals surface area contributed by atoms with Gasteiger partial charge in [0, 0.05) is 80.4 Å². The van der Waals surface area contributed by atoms with Crippen molar-refractivity contribution in [2.24, 2.45) is 23.7 Å². The summed E-state index contributed by atoms with van der Waals surface area (Å²) in [4.78, 5) is 128. The molecule has 2 fully saturated rings. The van der Waals surface area contributed by atoms with Crippen molar-refractivity contribution in [1.29, 1.82) is 0 Å². The van der Waals surface area contributed by atoms with E-state index in [1.807, 2.05) is 97.8 Å². The van der Waals surface area contributed by atoms with E-state index < -0.39 is 96.6 Å². The van der Waals surface area contributed by atoms with Gasteiger partial charge in [0.05, 0.1) is 62.0 Å². The Morgan fingerprint density at radius 2 is 1.38 bits per heavy atom. The molecule has 0 spiro atoms. The molecule has 8 amide bonds. The molecular formula is C62H105N9O16. The van der Waals surface area contributed by atoms with Crippen LogP contribution in [0.2, 0.25) is 0 Å². The third-order valence-corrected chi connectivity index (χ3v) is 16.5. The van der Waals surface area contributed by atoms with E-state index in [2.05, 4.69) is 26.6 Å². The molecule has 0 aliphatic carbocycles. The Kier molecular flexibility index (Phi) is 33.8. The van der Waals surface area contributed by atoms with Gasteiger partial charge in [-0.15, -0.1) is 0 Å². The molecule has 25 heteroatoms. The normalized spacial score (nSPS) is 18.6. The summed E-state index contributed by atoms with van der Waals surface area (Å²) in [5.41, 5.74) is 0.801. The Balaban J connectivity index is 1.57. The highest BCUT2D eigenvalue weighted by Gasteiger charge is 2.44. The van der Waals surface area contributed by atoms with E-state index in [4.69, 9.17) is 28.4 Å². The van der Waals surface area contributed by atoms with E-state index in [1.54, 1.807) is 23.8 Å². The van der Waals surface area contributed by atoms with Gasteiger partial charge in [0.25, 0.3) is 0 Å². The monoisotopic (exact) mass is 1230 g/mol. The molecule has 3 rings (SSSR count). The van der Waals surface area contributed by atoms with Gasteiger partial charge in [0.2, 0.25) is 41.4 Å². The Labute approximate surface area is 516 Å². The second-order valence-corrected chi connectivity index (χ2v) is 23.7. The van der Waals surface area contributed by atoms with E-state index >= 15 is 0 Å². The average Bonchev–Trinajstić information content (AvgIpc) is 2.64. The van der Waals surface area contributed by atoms with Crippen molar-refractivity contribution in [3.63, 3.8) is 0 Å². The topological polar surface area (TPSA) is 302 Å². The molecule has 0 saturated carbocycles. The van der Waals surface area contributed by atoms with Crippen molar-refractivity contribution in [2.75, 3.05) is 95.0 Å². The van der Waals surface area contributed by atoms with E-state index in [9.17, 15) is 48.3 Å². The van der Waals surface area contributed by atoms with Gasteiger partial charge in [0.1, 0.15) is 24.7 Å². The molecule has 494 valence electrons. The van der Waals surface area contributed by atoms with Crippen molar-refractivity contribution in [3.8, 4) is 0 Å². The number of nitrogens with one attached hydrogen (secondary N) is 5. The van der Waals surface area contributed by atoms with E-state index in [0.29, 0.717) is 51.6 Å². The van der Waals surface area contributed by atoms with Gasteiger partial charge in [-0.05, 0) is 75.9 Å². The maximum Gasteiger partial charge on any atom is 0.407 e. The summed E-state index contributed by atoms with van der Waals surface area (Å²) in [6.45, 7) is 15.6. The average molecular weight is 1230 g/mol. The fourth-order valence-electron chi connectivity index (χ4n) is 11.4. The lowest BCUT2D eigenvalue weighted by Crippen LogP contribution is -2.59. The van der Waals surface area contributed by atoms with Crippen LogP contribution in [0.25, 0.3) is 0 Å². The zero-order chi connectivity index (χ0) is 64.9. The van der Waals surface area contributed by atoms with E-state index in [-0.39, 0.29) is 113 Å². The predicted molar refractivity (Wildman–Crippen MR) is 325 cm³/mol. The van der Waals surface area contributed by atoms with Gasteiger partial charge < -0.3 is 74.8 Å². The molecule has 87 heavy (non-hydrogen) atoms. The first kappa shape index (κ1) is 75.3. The third-order valence-electron chi connectivity index (χ3n) is 16.5. The van der Waals surface area contributed by atoms with Crippen LogP contribution in [-0.2, 0) is 73.2 Å². The molecule has 2 aliphatic heterocycles. The fraction of sp³-hybridized carbons (Fsp3) is 0.758. The molecule has 2 heterocycles. The van der Waals surface area contributed by atoms with Gasteiger partial charge in [-0.1, -0.05) is 92.1 Å². The van der Waals surface area contributed by atoms with Crippen molar-refractivity contribution >= 4 is 53.4 Å². The molecular weight excluding hydrogens is 1130 g/mol. The van der Waals surface area contributed by atoms with Crippen LogP contribution in [0.1, 0.15) is 125 Å². The summed E-state index contributed by atoms with van der Waals surface area (Å²) in [5, 5.41) is 23.3. The number of alkyl carbamates (subject to hydrolysis) is 1. The minimum Gasteiger partial charge on any atom is -0.464 e. The number of hydrogen-bond acceptors (Lipinski definition) is 17. The van der Waals surface area contributed by atoms with Crippen LogP contribution in [0.15, 0.2) is 30.3 Å². The summed E-state index contributed by atoms with van der Waals surface area (Å²) in [6, 6.07) is 5.14. The van der Waals surface area contributed by atoms with Crippen LogP contribution in [-0.4, -0.2) is 234 Å². The zero-order valence-electron chi connectivity index (χ0n) is 54.3. The maximum atomic E-state index is 14.5. The zero-order valence-corrected chi connectivity index (χ0v) is 54.3. The molecule has 12 atom stereocenters. The van der Waals surface area contributed by atoms with Gasteiger partial charge in [-0.2, -0.15) is 0 Å². The summed E-state index contributed by atoms with van der Waals surface area (Å²) < 4.78 is 33.4. The van der Waals surface area contributed by atoms with E-state index in [0.717, 1.165) is 5.56 Å². The lowest BCUT2D eigenvalue weighted by molar-refractivity contribution is -0.181. The molecule has 1 aromatic rings. The van der Waals surface area contributed by atoms with Crippen LogP contribution in [0.4, 0.5) is 4.79 Å². The minimum atomic E-state index is -1.01. The number of aliphatic hydroxyl groups excluding tert-OH is 1. The molecule has 2 aliphatic rings. The SMILES string of the molecule is CCC(CO)OC(COC(=O)NCCC(=O)NCCC(=O)N1CCC[C@H]1C(=O)OCCCNC(=O)[C@H](Cc1ccccc1)NC(=O)[C@H](C)[C@@H](OC)[C@@H]1CCCN1C(=O)C[C@@H](OC)[C@H]([C@@H](C)CC)N(C)C(=O)[C@@H](NC(=O)[C@H](C(C)C)N(C)C)C(C)C)OC. The number of amides is 8. The summed E-state index contributed by atoms with van der Waals surface area (Å²) in [7, 11) is 9.78. The number of likely N-dealkylation sites (tertiary alicyclic amines) is 2. The van der Waals surface area contributed by atoms with Gasteiger partial charge in [0.15, 0.2) is 6.29 Å². The lowest BCUT2D eigenvalue weighted by atomic mass is 9.89. The summed E-state index contributed by atoms with van der Waals surface area (Å²) in [6.07, 6.45) is 0.0238. The number of carbonyl (C=O) groups excluding carboxylic acids is 9. The summed E-state index contributed by atoms with van der Waals surface area (Å²) in [5.74, 6) is -4.12. The van der Waals surface area contributed by atoms with Crippen molar-refractivity contribution in [2.45, 2.75) is 187 Å². The highest BCUT2D eigenvalue weighted by molar-refractivity contribution is 5.91. The smallest absolute Gasteiger partial charge is 0.407 e. The molecule has 0 bridgehead atoms. The fourth-order valence-corrected chi connectivity index (χ4v) is 11.4. The minimum absolute atomic E-state index is 0.00100. The van der Waals surface area contributed by atoms with Crippen molar-refractivity contribution in [3.05, 3.63) is 35.9 Å². The Morgan fingerprint density at radius 3 is 1.98 bits per heavy atom. The number of rotatable bonds is 39. The Hall–Kier alpha value is -5.99. The number of hydrogen-bond donors (Lipinski definition) is 6. The molecule has 2 saturated heterocycles. The number of esters is 1. The number of methoxy groups -OCH3 is 3. The molecule has 6 N–H and O–H groups in total. The highest BCUT2D eigenvalue weighted by atomic mass is 16.7. The molecule has 1 aromatic carbocycles. The highest BCUT2D eigenvalue weighted by Crippen LogP contribution is 2.30. The number of benzene rings is 1. The molecule has 0 radical (unpaired) electrons. The van der Waals surface area contributed by atoms with Gasteiger partial charge in [-0.3, -0.25) is 38.5 Å². The Morgan fingerprint density at radius 1 is 0.713 bits per heavy atom. The quantitative estimate of drug-likeness (QED) is 0.0314. The lowest BCUT2D eigenvalue weighted by Gasteiger charge is -2.41. The van der Waals surface area contributed by atoms with Crippen LogP contribution in [0, 0.1) is 23.7 Å². The van der Waals surface area contributed by atoms with Crippen LogP contribution >= 0.6 is 0 Å². The van der Waals surface area contributed by atoms with Crippen LogP contribution < -0.4 is 26.6 Å². The number of nitrogens with zero attached hydrogens (tertiary/aromatic N) is 4. The standard InChI is InChI=1S/C62H105N9O16/c1-15-41(7)55(69(11)60(79)53(39(3)4)67-59(78)54(40(5)6)68(9)10)48(82-12)36-51(75)70-32-20-25-46(70)56(84-14)42(8)57(76)66-45(35-43-23-18-17-19-24-43)58(77)64-29-22-34-85-61(80)47-26-21-33-71(47)50(74)28-31-63-49(73)27-30-65-62(81)86-38-52(83-13)87-44(16-2)37-72/h17-19,23-24,39-42,44-48,52-56,72H,15-16,20-22,25-38H2,1-14H3,(H,63,73)(H,64,77)(H,65,81)(H,66,76)(H,67,78)/t41-,42+,44?,45-,46-,47-,48+,52?,53-,54-,55-,56+/m0/s1. The van der Waals surface area contributed by atoms with Gasteiger partial charge >= 0.3 is 12.1 Å². The third kappa shape index (κ3) is 23.8. The van der Waals surface area contributed by atoms with Crippen molar-refractivity contribution < 1.29 is 76.7 Å². The summed E-state index contributed by atoms with van der Waals surface area (Å²) >= 11 is 0. The molecule has 0 aromatic heterocycles. The number of aliphatic hydroxyl groups is 1. The first-order valence-corrected chi connectivity index (χ1v) is 31.0. The second-order valence-electron chi connectivity index (χ2n) is 23.7.